The first-order chi connectivity index (χ1) is 9.81. The van der Waals surface area contributed by atoms with Gasteiger partial charge in [-0.3, -0.25) is 0 Å². The summed E-state index contributed by atoms with van der Waals surface area (Å²) in [4.78, 5) is 2.58. The normalized spacial score (nSPS) is 19.3. The van der Waals surface area contributed by atoms with Crippen LogP contribution in [0.3, 0.4) is 0 Å². The minimum Gasteiger partial charge on any atom is -0.306 e. The van der Waals surface area contributed by atoms with Gasteiger partial charge in [-0.05, 0) is 43.1 Å². The van der Waals surface area contributed by atoms with Gasteiger partial charge in [-0.2, -0.15) is 0 Å². The molecule has 0 heterocycles. The zero-order valence-corrected chi connectivity index (χ0v) is 16.3. The van der Waals surface area contributed by atoms with E-state index in [2.05, 4.69) is 60.4 Å². The molecular weight excluding hydrogens is 254 g/mol. The van der Waals surface area contributed by atoms with Crippen molar-refractivity contribution in [2.45, 2.75) is 87.0 Å². The van der Waals surface area contributed by atoms with Crippen LogP contribution in [0.4, 0.5) is 0 Å². The van der Waals surface area contributed by atoms with Crippen LogP contribution in [0.15, 0.2) is 0 Å². The van der Waals surface area contributed by atoms with Crippen molar-refractivity contribution in [2.24, 2.45) is 23.2 Å². The molecule has 0 fully saturated rings. The molecule has 1 nitrogen and oxygen atoms in total. The van der Waals surface area contributed by atoms with Crippen LogP contribution in [0.5, 0.6) is 0 Å². The van der Waals surface area contributed by atoms with Crippen molar-refractivity contribution in [3.05, 3.63) is 0 Å². The van der Waals surface area contributed by atoms with Gasteiger partial charge < -0.3 is 4.90 Å². The number of nitrogens with zero attached hydrogens (tertiary/aromatic N) is 1. The Morgan fingerprint density at radius 2 is 1.38 bits per heavy atom. The van der Waals surface area contributed by atoms with Crippen molar-refractivity contribution >= 4 is 0 Å². The SMILES string of the molecule is CCCC(C)CN(C)CC(C)C(C)(CCC)C(C)CCC. The highest BCUT2D eigenvalue weighted by atomic mass is 15.1. The van der Waals surface area contributed by atoms with E-state index in [1.165, 1.54) is 51.6 Å². The minimum atomic E-state index is 0.493. The molecule has 0 aliphatic heterocycles. The third-order valence-corrected chi connectivity index (χ3v) is 5.75. The van der Waals surface area contributed by atoms with Gasteiger partial charge >= 0.3 is 0 Å². The monoisotopic (exact) mass is 297 g/mol. The standard InChI is InChI=1S/C20H43N/c1-9-12-17(4)15-21(8)16-19(6)20(7,14-11-3)18(5)13-10-2/h17-19H,9-16H2,1-8H3. The third kappa shape index (κ3) is 7.17. The number of hydrogen-bond acceptors (Lipinski definition) is 1. The van der Waals surface area contributed by atoms with Crippen molar-refractivity contribution in [3.8, 4) is 0 Å². The Labute approximate surface area is 135 Å². The maximum Gasteiger partial charge on any atom is 0.000938 e. The first-order valence-electron chi connectivity index (χ1n) is 9.50. The molecule has 0 aliphatic carbocycles. The molecule has 0 aromatic rings. The molecule has 0 radical (unpaired) electrons. The summed E-state index contributed by atoms with van der Waals surface area (Å²) in [5, 5.41) is 0. The summed E-state index contributed by atoms with van der Waals surface area (Å²) in [5.41, 5.74) is 0.493. The molecule has 4 atom stereocenters. The van der Waals surface area contributed by atoms with E-state index in [1.807, 2.05) is 0 Å². The highest BCUT2D eigenvalue weighted by molar-refractivity contribution is 4.86. The fourth-order valence-corrected chi connectivity index (χ4v) is 4.15. The maximum atomic E-state index is 2.58. The van der Waals surface area contributed by atoms with Crippen LogP contribution in [0.1, 0.15) is 87.0 Å². The van der Waals surface area contributed by atoms with Gasteiger partial charge in [-0.25, -0.2) is 0 Å². The van der Waals surface area contributed by atoms with Gasteiger partial charge in [0.05, 0.1) is 0 Å². The van der Waals surface area contributed by atoms with E-state index in [4.69, 9.17) is 0 Å². The Bertz CT molecular complexity index is 250. The number of hydrogen-bond donors (Lipinski definition) is 0. The van der Waals surface area contributed by atoms with Gasteiger partial charge in [-0.1, -0.05) is 74.1 Å². The lowest BCUT2D eigenvalue weighted by molar-refractivity contribution is 0.0652. The Kier molecular flexibility index (Phi) is 10.6. The summed E-state index contributed by atoms with van der Waals surface area (Å²) in [6.45, 7) is 19.4. The summed E-state index contributed by atoms with van der Waals surface area (Å²) >= 11 is 0. The van der Waals surface area contributed by atoms with Crippen LogP contribution in [0, 0.1) is 23.2 Å². The van der Waals surface area contributed by atoms with Crippen LogP contribution in [0.2, 0.25) is 0 Å². The van der Waals surface area contributed by atoms with E-state index in [0.29, 0.717) is 5.41 Å². The first kappa shape index (κ1) is 21.0. The second kappa shape index (κ2) is 10.6. The Hall–Kier alpha value is -0.0400. The van der Waals surface area contributed by atoms with Crippen molar-refractivity contribution < 1.29 is 0 Å². The van der Waals surface area contributed by atoms with Gasteiger partial charge in [0.2, 0.25) is 0 Å². The summed E-state index contributed by atoms with van der Waals surface area (Å²) in [5.74, 6) is 2.44. The lowest BCUT2D eigenvalue weighted by Gasteiger charge is -2.43. The molecule has 0 aromatic heterocycles. The van der Waals surface area contributed by atoms with Crippen LogP contribution in [-0.2, 0) is 0 Å². The first-order valence-corrected chi connectivity index (χ1v) is 9.50. The van der Waals surface area contributed by atoms with E-state index < -0.39 is 0 Å². The molecule has 0 N–H and O–H groups in total. The molecule has 21 heavy (non-hydrogen) atoms. The largest absolute Gasteiger partial charge is 0.306 e. The lowest BCUT2D eigenvalue weighted by atomic mass is 9.65. The third-order valence-electron chi connectivity index (χ3n) is 5.75. The fourth-order valence-electron chi connectivity index (χ4n) is 4.15. The van der Waals surface area contributed by atoms with Crippen molar-refractivity contribution in [3.63, 3.8) is 0 Å². The number of rotatable bonds is 12. The van der Waals surface area contributed by atoms with E-state index in [0.717, 1.165) is 17.8 Å². The molecule has 0 aromatic carbocycles. The molecule has 0 amide bonds. The summed E-state index contributed by atoms with van der Waals surface area (Å²) in [6, 6.07) is 0. The Balaban J connectivity index is 4.62. The fraction of sp³-hybridized carbons (Fsp3) is 1.00. The minimum absolute atomic E-state index is 0.493. The zero-order valence-electron chi connectivity index (χ0n) is 16.3. The van der Waals surface area contributed by atoms with E-state index >= 15 is 0 Å². The molecule has 4 unspecified atom stereocenters. The summed E-state index contributed by atoms with van der Waals surface area (Å²) in [6.07, 6.45) is 8.04. The van der Waals surface area contributed by atoms with E-state index in [9.17, 15) is 0 Å². The maximum absolute atomic E-state index is 2.58. The van der Waals surface area contributed by atoms with Gasteiger partial charge in [-0.15, -0.1) is 0 Å². The predicted octanol–water partition coefficient (Wildman–Crippen LogP) is 6.23. The Morgan fingerprint density at radius 1 is 0.810 bits per heavy atom. The molecule has 0 bridgehead atoms. The van der Waals surface area contributed by atoms with Crippen molar-refractivity contribution in [1.82, 2.24) is 4.90 Å². The smallest absolute Gasteiger partial charge is 0.000938 e. The molecule has 1 heteroatoms. The van der Waals surface area contributed by atoms with Crippen LogP contribution in [-0.4, -0.2) is 25.0 Å². The van der Waals surface area contributed by atoms with Gasteiger partial charge in [0.25, 0.3) is 0 Å². The quantitative estimate of drug-likeness (QED) is 0.412. The Morgan fingerprint density at radius 3 is 1.86 bits per heavy atom. The summed E-state index contributed by atoms with van der Waals surface area (Å²) in [7, 11) is 2.32. The van der Waals surface area contributed by atoms with Gasteiger partial charge in [0.1, 0.15) is 0 Å². The van der Waals surface area contributed by atoms with Crippen LogP contribution >= 0.6 is 0 Å². The average molecular weight is 298 g/mol. The van der Waals surface area contributed by atoms with Gasteiger partial charge in [0, 0.05) is 13.1 Å². The average Bonchev–Trinajstić information content (AvgIpc) is 2.38. The molecule has 0 saturated heterocycles. The lowest BCUT2D eigenvalue weighted by Crippen LogP contribution is -2.40. The molecule has 0 saturated carbocycles. The van der Waals surface area contributed by atoms with Crippen LogP contribution in [0.25, 0.3) is 0 Å². The molecule has 128 valence electrons. The molecule has 0 aliphatic rings. The highest BCUT2D eigenvalue weighted by Gasteiger charge is 2.35. The molecular formula is C20H43N. The zero-order chi connectivity index (χ0) is 16.5. The molecule has 0 rings (SSSR count). The van der Waals surface area contributed by atoms with Crippen molar-refractivity contribution in [1.29, 1.82) is 0 Å². The van der Waals surface area contributed by atoms with E-state index in [-0.39, 0.29) is 0 Å². The summed E-state index contributed by atoms with van der Waals surface area (Å²) < 4.78 is 0. The van der Waals surface area contributed by atoms with E-state index in [1.54, 1.807) is 0 Å². The molecule has 0 spiro atoms. The topological polar surface area (TPSA) is 3.24 Å². The highest BCUT2D eigenvalue weighted by Crippen LogP contribution is 2.42. The second-order valence-corrected chi connectivity index (χ2v) is 7.96. The second-order valence-electron chi connectivity index (χ2n) is 7.96. The van der Waals surface area contributed by atoms with Gasteiger partial charge in [0.15, 0.2) is 0 Å². The predicted molar refractivity (Wildman–Crippen MR) is 97.8 cm³/mol. The van der Waals surface area contributed by atoms with Crippen LogP contribution < -0.4 is 0 Å². The van der Waals surface area contributed by atoms with Crippen molar-refractivity contribution in [2.75, 3.05) is 20.1 Å².